The molecule has 0 spiro atoms. The summed E-state index contributed by atoms with van der Waals surface area (Å²) >= 11 is 0. The third-order valence-electron chi connectivity index (χ3n) is 2.07. The molecule has 0 atom stereocenters. The van der Waals surface area contributed by atoms with Crippen molar-refractivity contribution in [1.29, 1.82) is 0 Å². The number of aldehydes is 1. The van der Waals surface area contributed by atoms with Gasteiger partial charge in [-0.25, -0.2) is 0 Å². The lowest BCUT2D eigenvalue weighted by molar-refractivity contribution is 0.112. The normalized spacial score (nSPS) is 15.4. The van der Waals surface area contributed by atoms with Crippen LogP contribution in [0.2, 0.25) is 0 Å². The van der Waals surface area contributed by atoms with Crippen LogP contribution in [-0.4, -0.2) is 19.4 Å². The smallest absolute Gasteiger partial charge is 0.150 e. The maximum absolute atomic E-state index is 10.5. The quantitative estimate of drug-likeness (QED) is 0.650. The molecule has 1 heterocycles. The molecule has 0 saturated heterocycles. The van der Waals surface area contributed by atoms with Crippen molar-refractivity contribution in [3.8, 4) is 5.75 Å². The van der Waals surface area contributed by atoms with Crippen molar-refractivity contribution in [3.63, 3.8) is 0 Å². The van der Waals surface area contributed by atoms with Crippen molar-refractivity contribution in [2.24, 2.45) is 0 Å². The van der Waals surface area contributed by atoms with E-state index in [2.05, 4.69) is 5.32 Å². The Morgan fingerprint density at radius 1 is 1.46 bits per heavy atom. The molecular formula is C10H11NO2. The van der Waals surface area contributed by atoms with E-state index in [-0.39, 0.29) is 0 Å². The SMILES string of the molecule is O=Cc1ccc2c(c1)CNCCO2. The van der Waals surface area contributed by atoms with Crippen LogP contribution < -0.4 is 10.1 Å². The van der Waals surface area contributed by atoms with Crippen molar-refractivity contribution >= 4 is 6.29 Å². The third-order valence-corrected chi connectivity index (χ3v) is 2.07. The fraction of sp³-hybridized carbons (Fsp3) is 0.300. The number of hydrogen-bond donors (Lipinski definition) is 1. The predicted octanol–water partition coefficient (Wildman–Crippen LogP) is 0.981. The van der Waals surface area contributed by atoms with Crippen LogP contribution >= 0.6 is 0 Å². The van der Waals surface area contributed by atoms with Gasteiger partial charge in [0.2, 0.25) is 0 Å². The van der Waals surface area contributed by atoms with Crippen LogP contribution in [0.4, 0.5) is 0 Å². The van der Waals surface area contributed by atoms with Gasteiger partial charge in [0.25, 0.3) is 0 Å². The Balaban J connectivity index is 2.37. The van der Waals surface area contributed by atoms with Crippen LogP contribution in [-0.2, 0) is 6.54 Å². The summed E-state index contributed by atoms with van der Waals surface area (Å²) in [5.41, 5.74) is 1.76. The van der Waals surface area contributed by atoms with Crippen LogP contribution in [0.3, 0.4) is 0 Å². The summed E-state index contributed by atoms with van der Waals surface area (Å²) < 4.78 is 5.47. The number of carbonyl (C=O) groups excluding carboxylic acids is 1. The molecule has 1 aliphatic rings. The van der Waals surface area contributed by atoms with Gasteiger partial charge in [0.05, 0.1) is 0 Å². The lowest BCUT2D eigenvalue weighted by Crippen LogP contribution is -2.16. The highest BCUT2D eigenvalue weighted by atomic mass is 16.5. The zero-order chi connectivity index (χ0) is 9.10. The average Bonchev–Trinajstić information content (AvgIpc) is 2.41. The predicted molar refractivity (Wildman–Crippen MR) is 49.0 cm³/mol. The molecule has 0 radical (unpaired) electrons. The number of benzene rings is 1. The lowest BCUT2D eigenvalue weighted by atomic mass is 10.1. The van der Waals surface area contributed by atoms with E-state index in [0.29, 0.717) is 12.2 Å². The van der Waals surface area contributed by atoms with Gasteiger partial charge in [-0.2, -0.15) is 0 Å². The molecular weight excluding hydrogens is 166 g/mol. The van der Waals surface area contributed by atoms with Crippen molar-refractivity contribution in [1.82, 2.24) is 5.32 Å². The minimum absolute atomic E-state index is 0.688. The zero-order valence-corrected chi connectivity index (χ0v) is 7.25. The average molecular weight is 177 g/mol. The molecule has 3 nitrogen and oxygen atoms in total. The van der Waals surface area contributed by atoms with Gasteiger partial charge < -0.3 is 10.1 Å². The van der Waals surface area contributed by atoms with Gasteiger partial charge in [-0.05, 0) is 18.2 Å². The van der Waals surface area contributed by atoms with Crippen LogP contribution in [0.15, 0.2) is 18.2 Å². The van der Waals surface area contributed by atoms with Crippen molar-refractivity contribution in [3.05, 3.63) is 29.3 Å². The number of hydrogen-bond acceptors (Lipinski definition) is 3. The summed E-state index contributed by atoms with van der Waals surface area (Å²) in [7, 11) is 0. The van der Waals surface area contributed by atoms with Crippen LogP contribution in [0.5, 0.6) is 5.75 Å². The third kappa shape index (κ3) is 1.70. The van der Waals surface area contributed by atoms with Gasteiger partial charge in [0.1, 0.15) is 18.6 Å². The van der Waals surface area contributed by atoms with E-state index in [9.17, 15) is 4.79 Å². The van der Waals surface area contributed by atoms with Gasteiger partial charge in [0.15, 0.2) is 0 Å². The molecule has 68 valence electrons. The van der Waals surface area contributed by atoms with Crippen molar-refractivity contribution < 1.29 is 9.53 Å². The first-order valence-electron chi connectivity index (χ1n) is 4.32. The Bertz CT molecular complexity index is 323. The Morgan fingerprint density at radius 2 is 2.38 bits per heavy atom. The number of ether oxygens (including phenoxy) is 1. The molecule has 2 rings (SSSR count). The highest BCUT2D eigenvalue weighted by Crippen LogP contribution is 2.20. The standard InChI is InChI=1S/C10H11NO2/c12-7-8-1-2-10-9(5-8)6-11-3-4-13-10/h1-2,5,7,11H,3-4,6H2. The van der Waals surface area contributed by atoms with Gasteiger partial charge in [-0.3, -0.25) is 4.79 Å². The van der Waals surface area contributed by atoms with Gasteiger partial charge >= 0.3 is 0 Å². The monoisotopic (exact) mass is 177 g/mol. The minimum Gasteiger partial charge on any atom is -0.492 e. The highest BCUT2D eigenvalue weighted by Gasteiger charge is 2.07. The van der Waals surface area contributed by atoms with E-state index < -0.39 is 0 Å². The fourth-order valence-corrected chi connectivity index (χ4v) is 1.41. The van der Waals surface area contributed by atoms with Crippen molar-refractivity contribution in [2.45, 2.75) is 6.54 Å². The number of nitrogens with one attached hydrogen (secondary N) is 1. The number of fused-ring (bicyclic) bond motifs is 1. The van der Waals surface area contributed by atoms with E-state index in [1.807, 2.05) is 12.1 Å². The van der Waals surface area contributed by atoms with E-state index in [1.54, 1.807) is 6.07 Å². The Kier molecular flexibility index (Phi) is 2.27. The molecule has 1 aliphatic heterocycles. The van der Waals surface area contributed by atoms with E-state index in [1.165, 1.54) is 0 Å². The summed E-state index contributed by atoms with van der Waals surface area (Å²) in [6.07, 6.45) is 0.852. The molecule has 3 heteroatoms. The molecule has 0 bridgehead atoms. The highest BCUT2D eigenvalue weighted by molar-refractivity contribution is 5.75. The minimum atomic E-state index is 0.688. The van der Waals surface area contributed by atoms with E-state index in [4.69, 9.17) is 4.74 Å². The van der Waals surface area contributed by atoms with Gasteiger partial charge in [-0.15, -0.1) is 0 Å². The molecule has 0 unspecified atom stereocenters. The van der Waals surface area contributed by atoms with Crippen LogP contribution in [0.1, 0.15) is 15.9 Å². The first-order chi connectivity index (χ1) is 6.40. The number of rotatable bonds is 1. The van der Waals surface area contributed by atoms with E-state index >= 15 is 0 Å². The van der Waals surface area contributed by atoms with Gasteiger partial charge in [0, 0.05) is 24.2 Å². The van der Waals surface area contributed by atoms with Crippen molar-refractivity contribution in [2.75, 3.05) is 13.2 Å². The second-order valence-corrected chi connectivity index (χ2v) is 3.01. The van der Waals surface area contributed by atoms with Crippen LogP contribution in [0.25, 0.3) is 0 Å². The van der Waals surface area contributed by atoms with E-state index in [0.717, 1.165) is 30.7 Å². The molecule has 13 heavy (non-hydrogen) atoms. The molecule has 0 aliphatic carbocycles. The topological polar surface area (TPSA) is 38.3 Å². The Labute approximate surface area is 76.7 Å². The molecule has 0 aromatic heterocycles. The molecule has 0 saturated carbocycles. The van der Waals surface area contributed by atoms with Crippen LogP contribution in [0, 0.1) is 0 Å². The lowest BCUT2D eigenvalue weighted by Gasteiger charge is -2.05. The zero-order valence-electron chi connectivity index (χ0n) is 7.25. The maximum Gasteiger partial charge on any atom is 0.150 e. The first kappa shape index (κ1) is 8.26. The maximum atomic E-state index is 10.5. The summed E-state index contributed by atoms with van der Waals surface area (Å²) in [6, 6.07) is 5.49. The summed E-state index contributed by atoms with van der Waals surface area (Å²) in [5.74, 6) is 0.885. The largest absolute Gasteiger partial charge is 0.492 e. The fourth-order valence-electron chi connectivity index (χ4n) is 1.41. The summed E-state index contributed by atoms with van der Waals surface area (Å²) in [4.78, 5) is 10.5. The summed E-state index contributed by atoms with van der Waals surface area (Å²) in [5, 5.41) is 3.21. The molecule has 0 fully saturated rings. The second kappa shape index (κ2) is 3.58. The number of carbonyl (C=O) groups is 1. The molecule has 0 amide bonds. The molecule has 1 aromatic carbocycles. The Hall–Kier alpha value is -1.35. The molecule has 1 aromatic rings. The second-order valence-electron chi connectivity index (χ2n) is 3.01. The van der Waals surface area contributed by atoms with Gasteiger partial charge in [-0.1, -0.05) is 0 Å². The summed E-state index contributed by atoms with van der Waals surface area (Å²) in [6.45, 7) is 2.32. The molecule has 1 N–H and O–H groups in total. The Morgan fingerprint density at radius 3 is 3.23 bits per heavy atom. The first-order valence-corrected chi connectivity index (χ1v) is 4.32.